The molecule has 0 bridgehead atoms. The molecule has 0 aliphatic carbocycles. The standard InChI is InChI=1S/C7H7BrN4O/c8-2-6(13)4-1-5-7(9-3-4)11-12-10-5/h1,3,6,13H,2H2,(H,9,10,11,12). The Labute approximate surface area is 82.3 Å². The molecule has 1 unspecified atom stereocenters. The molecular weight excluding hydrogens is 236 g/mol. The van der Waals surface area contributed by atoms with E-state index in [2.05, 4.69) is 36.3 Å². The average molecular weight is 243 g/mol. The highest BCUT2D eigenvalue weighted by molar-refractivity contribution is 9.09. The summed E-state index contributed by atoms with van der Waals surface area (Å²) < 4.78 is 0. The number of hydrogen-bond donors (Lipinski definition) is 2. The van der Waals surface area contributed by atoms with Gasteiger partial charge in [-0.15, -0.1) is 5.10 Å². The summed E-state index contributed by atoms with van der Waals surface area (Å²) in [6.45, 7) is 0. The van der Waals surface area contributed by atoms with Crippen molar-refractivity contribution in [2.24, 2.45) is 0 Å². The first-order chi connectivity index (χ1) is 6.31. The van der Waals surface area contributed by atoms with Crippen LogP contribution < -0.4 is 0 Å². The Morgan fingerprint density at radius 1 is 1.54 bits per heavy atom. The van der Waals surface area contributed by atoms with Gasteiger partial charge in [-0.3, -0.25) is 0 Å². The molecule has 0 fully saturated rings. The number of aromatic nitrogens is 4. The van der Waals surface area contributed by atoms with Crippen LogP contribution in [0.5, 0.6) is 0 Å². The van der Waals surface area contributed by atoms with Crippen LogP contribution in [0.2, 0.25) is 0 Å². The summed E-state index contributed by atoms with van der Waals surface area (Å²) in [6, 6.07) is 1.76. The first-order valence-electron chi connectivity index (χ1n) is 3.71. The predicted octanol–water partition coefficient (Wildman–Crippen LogP) is 0.781. The molecule has 13 heavy (non-hydrogen) atoms. The first-order valence-corrected chi connectivity index (χ1v) is 4.84. The SMILES string of the molecule is OC(CBr)c1cnc2n[nH]nc2c1. The van der Waals surface area contributed by atoms with Crippen LogP contribution in [0, 0.1) is 0 Å². The minimum absolute atomic E-state index is 0.484. The van der Waals surface area contributed by atoms with E-state index in [4.69, 9.17) is 0 Å². The van der Waals surface area contributed by atoms with E-state index in [-0.39, 0.29) is 0 Å². The summed E-state index contributed by atoms with van der Waals surface area (Å²) in [5.41, 5.74) is 1.96. The highest BCUT2D eigenvalue weighted by Gasteiger charge is 2.08. The summed E-state index contributed by atoms with van der Waals surface area (Å²) in [5.74, 6) is 0. The number of aliphatic hydroxyl groups is 1. The summed E-state index contributed by atoms with van der Waals surface area (Å²) in [4.78, 5) is 4.02. The third-order valence-corrected chi connectivity index (χ3v) is 2.34. The van der Waals surface area contributed by atoms with E-state index in [1.54, 1.807) is 12.3 Å². The van der Waals surface area contributed by atoms with Crippen LogP contribution in [-0.2, 0) is 0 Å². The quantitative estimate of drug-likeness (QED) is 0.764. The molecule has 0 aliphatic rings. The maximum Gasteiger partial charge on any atom is 0.201 e. The number of nitrogens with one attached hydrogen (secondary N) is 1. The fourth-order valence-corrected chi connectivity index (χ4v) is 1.40. The van der Waals surface area contributed by atoms with Gasteiger partial charge in [-0.2, -0.15) is 10.3 Å². The van der Waals surface area contributed by atoms with Gasteiger partial charge in [0.2, 0.25) is 5.65 Å². The number of aromatic amines is 1. The zero-order valence-electron chi connectivity index (χ0n) is 6.61. The van der Waals surface area contributed by atoms with E-state index >= 15 is 0 Å². The van der Waals surface area contributed by atoms with Crippen molar-refractivity contribution in [2.45, 2.75) is 6.10 Å². The molecule has 0 aromatic carbocycles. The molecule has 2 heterocycles. The van der Waals surface area contributed by atoms with Crippen molar-refractivity contribution in [3.63, 3.8) is 0 Å². The Kier molecular flexibility index (Phi) is 2.24. The van der Waals surface area contributed by atoms with Crippen LogP contribution in [-0.4, -0.2) is 30.8 Å². The molecule has 0 amide bonds. The fraction of sp³-hybridized carbons (Fsp3) is 0.286. The van der Waals surface area contributed by atoms with Crippen molar-refractivity contribution in [2.75, 3.05) is 5.33 Å². The third kappa shape index (κ3) is 1.54. The number of halogens is 1. The van der Waals surface area contributed by atoms with Crippen molar-refractivity contribution in [3.8, 4) is 0 Å². The van der Waals surface area contributed by atoms with Gasteiger partial charge in [0, 0.05) is 17.1 Å². The molecule has 2 N–H and O–H groups in total. The molecule has 0 saturated heterocycles. The second kappa shape index (κ2) is 3.39. The molecule has 2 rings (SSSR count). The number of aliphatic hydroxyl groups excluding tert-OH is 1. The average Bonchev–Trinajstić information content (AvgIpc) is 2.63. The Bertz CT molecular complexity index is 416. The number of alkyl halides is 1. The van der Waals surface area contributed by atoms with E-state index < -0.39 is 6.10 Å². The number of nitrogens with zero attached hydrogens (tertiary/aromatic N) is 3. The van der Waals surface area contributed by atoms with Gasteiger partial charge in [-0.1, -0.05) is 15.9 Å². The van der Waals surface area contributed by atoms with Crippen molar-refractivity contribution in [3.05, 3.63) is 17.8 Å². The lowest BCUT2D eigenvalue weighted by Gasteiger charge is -2.04. The van der Waals surface area contributed by atoms with Crippen molar-refractivity contribution >= 4 is 27.1 Å². The van der Waals surface area contributed by atoms with Gasteiger partial charge in [-0.05, 0) is 6.07 Å². The maximum absolute atomic E-state index is 9.48. The largest absolute Gasteiger partial charge is 0.387 e. The van der Waals surface area contributed by atoms with Gasteiger partial charge < -0.3 is 5.11 Å². The van der Waals surface area contributed by atoms with Crippen LogP contribution in [0.25, 0.3) is 11.2 Å². The van der Waals surface area contributed by atoms with Crippen LogP contribution in [0.3, 0.4) is 0 Å². The molecule has 68 valence electrons. The molecule has 2 aromatic heterocycles. The second-order valence-corrected chi connectivity index (χ2v) is 3.25. The molecule has 6 heteroatoms. The van der Waals surface area contributed by atoms with Gasteiger partial charge in [0.15, 0.2) is 0 Å². The highest BCUT2D eigenvalue weighted by atomic mass is 79.9. The lowest BCUT2D eigenvalue weighted by molar-refractivity contribution is 0.205. The molecule has 2 aromatic rings. The van der Waals surface area contributed by atoms with Crippen molar-refractivity contribution in [1.29, 1.82) is 0 Å². The van der Waals surface area contributed by atoms with E-state index in [1.165, 1.54) is 0 Å². The Morgan fingerprint density at radius 2 is 2.38 bits per heavy atom. The zero-order chi connectivity index (χ0) is 9.26. The lowest BCUT2D eigenvalue weighted by atomic mass is 10.2. The first kappa shape index (κ1) is 8.58. The van der Waals surface area contributed by atoms with E-state index in [0.29, 0.717) is 16.5 Å². The van der Waals surface area contributed by atoms with Crippen LogP contribution in [0.15, 0.2) is 12.3 Å². The summed E-state index contributed by atoms with van der Waals surface area (Å²) in [7, 11) is 0. The monoisotopic (exact) mass is 242 g/mol. The van der Waals surface area contributed by atoms with Crippen LogP contribution in [0.1, 0.15) is 11.7 Å². The third-order valence-electron chi connectivity index (χ3n) is 1.73. The topological polar surface area (TPSA) is 74.7 Å². The van der Waals surface area contributed by atoms with Crippen LogP contribution >= 0.6 is 15.9 Å². The maximum atomic E-state index is 9.48. The second-order valence-electron chi connectivity index (χ2n) is 2.61. The molecule has 0 spiro atoms. The van der Waals surface area contributed by atoms with Gasteiger partial charge >= 0.3 is 0 Å². The Morgan fingerprint density at radius 3 is 3.15 bits per heavy atom. The van der Waals surface area contributed by atoms with E-state index in [1.807, 2.05) is 0 Å². The Hall–Kier alpha value is -1.01. The summed E-state index contributed by atoms with van der Waals surface area (Å²) in [6.07, 6.45) is 1.05. The predicted molar refractivity (Wildman–Crippen MR) is 50.4 cm³/mol. The summed E-state index contributed by atoms with van der Waals surface area (Å²) >= 11 is 3.18. The minimum atomic E-state index is -0.548. The fourth-order valence-electron chi connectivity index (χ4n) is 1.03. The Balaban J connectivity index is 2.48. The van der Waals surface area contributed by atoms with Gasteiger partial charge in [0.25, 0.3) is 0 Å². The van der Waals surface area contributed by atoms with Crippen molar-refractivity contribution in [1.82, 2.24) is 20.4 Å². The number of fused-ring (bicyclic) bond motifs is 1. The molecule has 5 nitrogen and oxygen atoms in total. The lowest BCUT2D eigenvalue weighted by Crippen LogP contribution is -1.98. The van der Waals surface area contributed by atoms with Crippen molar-refractivity contribution < 1.29 is 5.11 Å². The normalized spacial score (nSPS) is 13.4. The van der Waals surface area contributed by atoms with Gasteiger partial charge in [-0.25, -0.2) is 4.98 Å². The molecule has 1 atom stereocenters. The van der Waals surface area contributed by atoms with E-state index in [0.717, 1.165) is 5.56 Å². The molecule has 0 radical (unpaired) electrons. The highest BCUT2D eigenvalue weighted by Crippen LogP contribution is 2.16. The molecule has 0 saturated carbocycles. The number of H-pyrrole nitrogens is 1. The molecular formula is C7H7BrN4O. The number of hydrogen-bond acceptors (Lipinski definition) is 4. The summed E-state index contributed by atoms with van der Waals surface area (Å²) in [5, 5.41) is 20.1. The number of rotatable bonds is 2. The number of pyridine rings is 1. The zero-order valence-corrected chi connectivity index (χ0v) is 8.19. The van der Waals surface area contributed by atoms with Gasteiger partial charge in [0.05, 0.1) is 6.10 Å². The van der Waals surface area contributed by atoms with Crippen LogP contribution in [0.4, 0.5) is 0 Å². The molecule has 0 aliphatic heterocycles. The van der Waals surface area contributed by atoms with Gasteiger partial charge in [0.1, 0.15) is 5.52 Å². The van der Waals surface area contributed by atoms with E-state index in [9.17, 15) is 5.11 Å². The minimum Gasteiger partial charge on any atom is -0.387 e. The smallest absolute Gasteiger partial charge is 0.201 e.